The summed E-state index contributed by atoms with van der Waals surface area (Å²) < 4.78 is 22.2. The molecule has 10 nitrogen and oxygen atoms in total. The third-order valence-corrected chi connectivity index (χ3v) is 5.48. The van der Waals surface area contributed by atoms with Crippen LogP contribution in [0.15, 0.2) is 42.5 Å². The summed E-state index contributed by atoms with van der Waals surface area (Å²) in [5.74, 6) is -2.91. The third-order valence-electron chi connectivity index (χ3n) is 5.48. The van der Waals surface area contributed by atoms with E-state index in [1.807, 2.05) is 0 Å². The van der Waals surface area contributed by atoms with Gasteiger partial charge in [-0.3, -0.25) is 0 Å². The Morgan fingerprint density at radius 3 is 2.21 bits per heavy atom. The van der Waals surface area contributed by atoms with Crippen LogP contribution in [0.2, 0.25) is 0 Å². The number of rotatable bonds is 5. The van der Waals surface area contributed by atoms with Crippen LogP contribution in [0.5, 0.6) is 46.0 Å². The largest absolute Gasteiger partial charge is 0.504 e. The lowest BCUT2D eigenvalue weighted by molar-refractivity contribution is -0.0184. The second-order valence-corrected chi connectivity index (χ2v) is 7.61. The van der Waals surface area contributed by atoms with Crippen molar-refractivity contribution in [2.24, 2.45) is 0 Å². The number of phenols is 5. The monoisotopic (exact) mass is 470 g/mol. The molecule has 3 aromatic carbocycles. The Morgan fingerprint density at radius 2 is 1.56 bits per heavy atom. The van der Waals surface area contributed by atoms with Crippen LogP contribution in [0.1, 0.15) is 27.6 Å². The lowest BCUT2D eigenvalue weighted by Crippen LogP contribution is -2.34. The minimum atomic E-state index is -0.928. The molecule has 0 unspecified atom stereocenters. The van der Waals surface area contributed by atoms with Crippen LogP contribution in [0.4, 0.5) is 0 Å². The SMILES string of the molecule is COc1ccc2c(c1)O[C@@H](c1cc(O)c(O)c(OC)c1)[C@H](OC(=O)c1cc(O)c(O)c(O)c1)C2. The fourth-order valence-electron chi connectivity index (χ4n) is 3.72. The summed E-state index contributed by atoms with van der Waals surface area (Å²) >= 11 is 0. The van der Waals surface area contributed by atoms with Gasteiger partial charge in [-0.25, -0.2) is 4.79 Å². The second kappa shape index (κ2) is 8.81. The van der Waals surface area contributed by atoms with Gasteiger partial charge in [0.1, 0.15) is 17.6 Å². The van der Waals surface area contributed by atoms with E-state index in [-0.39, 0.29) is 17.7 Å². The molecule has 2 atom stereocenters. The summed E-state index contributed by atoms with van der Waals surface area (Å²) in [5, 5.41) is 49.2. The Balaban J connectivity index is 1.73. The molecule has 0 radical (unpaired) electrons. The molecule has 0 saturated carbocycles. The van der Waals surface area contributed by atoms with Crippen LogP contribution >= 0.6 is 0 Å². The molecule has 0 aliphatic carbocycles. The number of methoxy groups -OCH3 is 2. The highest BCUT2D eigenvalue weighted by atomic mass is 16.6. The Kier molecular flexibility index (Phi) is 5.89. The van der Waals surface area contributed by atoms with Crippen molar-refractivity contribution < 1.29 is 49.3 Å². The molecule has 3 aromatic rings. The van der Waals surface area contributed by atoms with E-state index in [1.54, 1.807) is 18.2 Å². The normalized spacial score (nSPS) is 16.8. The number of fused-ring (bicyclic) bond motifs is 1. The van der Waals surface area contributed by atoms with Gasteiger partial charge in [0, 0.05) is 18.1 Å². The van der Waals surface area contributed by atoms with Gasteiger partial charge in [-0.2, -0.15) is 0 Å². The number of ether oxygens (including phenoxy) is 4. The van der Waals surface area contributed by atoms with E-state index in [9.17, 15) is 30.3 Å². The minimum absolute atomic E-state index is 0.00602. The van der Waals surface area contributed by atoms with Gasteiger partial charge in [0.2, 0.25) is 5.75 Å². The number of phenolic OH excluding ortho intramolecular Hbond substituents is 5. The molecule has 0 amide bonds. The second-order valence-electron chi connectivity index (χ2n) is 7.61. The highest BCUT2D eigenvalue weighted by molar-refractivity contribution is 5.91. The molecule has 0 aromatic heterocycles. The Bertz CT molecular complexity index is 1230. The number of hydrogen-bond donors (Lipinski definition) is 5. The third kappa shape index (κ3) is 4.13. The smallest absolute Gasteiger partial charge is 0.338 e. The maximum Gasteiger partial charge on any atom is 0.338 e. The van der Waals surface area contributed by atoms with Crippen LogP contribution in [-0.2, 0) is 11.2 Å². The molecule has 34 heavy (non-hydrogen) atoms. The standard InChI is InChI=1S/C24H22O10/c1-31-14-4-3-11-8-20(34-24(30)13-6-15(25)21(28)16(26)7-13)23(33-18(11)10-14)12-5-17(27)22(29)19(9-12)32-2/h3-7,9-10,20,23,25-29H,8H2,1-2H3/t20-,23+/m1/s1. The topological polar surface area (TPSA) is 155 Å². The van der Waals surface area contributed by atoms with Crippen LogP contribution in [0.3, 0.4) is 0 Å². The Morgan fingerprint density at radius 1 is 0.882 bits per heavy atom. The fourth-order valence-corrected chi connectivity index (χ4v) is 3.72. The predicted octanol–water partition coefficient (Wildman–Crippen LogP) is 3.13. The Hall–Kier alpha value is -4.47. The summed E-state index contributed by atoms with van der Waals surface area (Å²) in [6.45, 7) is 0. The molecule has 1 aliphatic rings. The molecular weight excluding hydrogens is 448 g/mol. The van der Waals surface area contributed by atoms with Gasteiger partial charge in [0.05, 0.1) is 19.8 Å². The molecule has 10 heteroatoms. The summed E-state index contributed by atoms with van der Waals surface area (Å²) in [5.41, 5.74) is 0.884. The van der Waals surface area contributed by atoms with E-state index in [2.05, 4.69) is 0 Å². The summed E-state index contributed by atoms with van der Waals surface area (Å²) in [7, 11) is 2.83. The summed E-state index contributed by atoms with van der Waals surface area (Å²) in [6, 6.07) is 9.81. The summed E-state index contributed by atoms with van der Waals surface area (Å²) in [6.07, 6.45) is -1.63. The molecule has 1 aliphatic heterocycles. The lowest BCUT2D eigenvalue weighted by atomic mass is 9.94. The average Bonchev–Trinajstić information content (AvgIpc) is 2.83. The molecule has 4 rings (SSSR count). The first-order chi connectivity index (χ1) is 16.2. The van der Waals surface area contributed by atoms with Gasteiger partial charge in [-0.1, -0.05) is 6.07 Å². The number of hydrogen-bond acceptors (Lipinski definition) is 10. The van der Waals surface area contributed by atoms with E-state index in [0.29, 0.717) is 17.1 Å². The lowest BCUT2D eigenvalue weighted by Gasteiger charge is -2.34. The molecule has 5 N–H and O–H groups in total. The minimum Gasteiger partial charge on any atom is -0.504 e. The zero-order valence-electron chi connectivity index (χ0n) is 18.2. The molecule has 0 bridgehead atoms. The van der Waals surface area contributed by atoms with Crippen molar-refractivity contribution in [1.82, 2.24) is 0 Å². The van der Waals surface area contributed by atoms with Gasteiger partial charge >= 0.3 is 5.97 Å². The van der Waals surface area contributed by atoms with Gasteiger partial charge in [0.25, 0.3) is 0 Å². The van der Waals surface area contributed by atoms with Crippen molar-refractivity contribution in [3.8, 4) is 46.0 Å². The fraction of sp³-hybridized carbons (Fsp3) is 0.208. The maximum atomic E-state index is 12.8. The molecule has 0 fully saturated rings. The van der Waals surface area contributed by atoms with E-state index >= 15 is 0 Å². The number of carbonyl (C=O) groups is 1. The van der Waals surface area contributed by atoms with Crippen LogP contribution in [0.25, 0.3) is 0 Å². The number of aromatic hydroxyl groups is 5. The first-order valence-electron chi connectivity index (χ1n) is 10.1. The van der Waals surface area contributed by atoms with E-state index in [1.165, 1.54) is 26.4 Å². The van der Waals surface area contributed by atoms with Gasteiger partial charge in [-0.05, 0) is 35.9 Å². The van der Waals surface area contributed by atoms with Crippen molar-refractivity contribution in [1.29, 1.82) is 0 Å². The summed E-state index contributed by atoms with van der Waals surface area (Å²) in [4.78, 5) is 12.8. The molecule has 1 heterocycles. The molecule has 178 valence electrons. The van der Waals surface area contributed by atoms with Crippen molar-refractivity contribution in [2.75, 3.05) is 14.2 Å². The van der Waals surface area contributed by atoms with E-state index in [0.717, 1.165) is 17.7 Å². The molecule has 0 spiro atoms. The van der Waals surface area contributed by atoms with Crippen molar-refractivity contribution in [3.63, 3.8) is 0 Å². The van der Waals surface area contributed by atoms with E-state index in [4.69, 9.17) is 18.9 Å². The first kappa shape index (κ1) is 22.7. The van der Waals surface area contributed by atoms with Crippen LogP contribution < -0.4 is 14.2 Å². The van der Waals surface area contributed by atoms with Gasteiger partial charge < -0.3 is 44.5 Å². The zero-order chi connectivity index (χ0) is 24.6. The number of esters is 1. The van der Waals surface area contributed by atoms with Gasteiger partial charge in [0.15, 0.2) is 34.9 Å². The zero-order valence-corrected chi connectivity index (χ0v) is 18.2. The molecule has 0 saturated heterocycles. The van der Waals surface area contributed by atoms with Crippen LogP contribution in [0, 0.1) is 0 Å². The van der Waals surface area contributed by atoms with Crippen molar-refractivity contribution in [3.05, 3.63) is 59.2 Å². The average molecular weight is 470 g/mol. The predicted molar refractivity (Wildman–Crippen MR) is 117 cm³/mol. The molecular formula is C24H22O10. The quantitative estimate of drug-likeness (QED) is 0.277. The highest BCUT2D eigenvalue weighted by Gasteiger charge is 2.36. The maximum absolute atomic E-state index is 12.8. The van der Waals surface area contributed by atoms with Crippen LogP contribution in [-0.4, -0.2) is 51.8 Å². The van der Waals surface area contributed by atoms with E-state index < -0.39 is 46.9 Å². The highest BCUT2D eigenvalue weighted by Crippen LogP contribution is 2.44. The first-order valence-corrected chi connectivity index (χ1v) is 10.1. The Labute approximate surface area is 193 Å². The van der Waals surface area contributed by atoms with Gasteiger partial charge in [-0.15, -0.1) is 0 Å². The van der Waals surface area contributed by atoms with Crippen molar-refractivity contribution >= 4 is 5.97 Å². The number of benzene rings is 3. The number of carbonyl (C=O) groups excluding carboxylic acids is 1. The van der Waals surface area contributed by atoms with Crippen molar-refractivity contribution in [2.45, 2.75) is 18.6 Å².